The molecule has 4 rings (SSSR count). The lowest BCUT2D eigenvalue weighted by Gasteiger charge is -2.14. The van der Waals surface area contributed by atoms with Crippen LogP contribution in [0.4, 0.5) is 0 Å². The standard InChI is InChI=1S/C19H21N5O3/c1-24-10-13(9-21-24)14(8-17(20)25)18-15(22-23-19(18)26)7-11-2-3-16-12(6-11)4-5-27-16/h2-3,6,9-10,14H,4-5,7-8H2,1H3,(H2,20,25)(H2,22,23,26)/t14-/m0/s1. The summed E-state index contributed by atoms with van der Waals surface area (Å²) in [6.45, 7) is 0.701. The molecular weight excluding hydrogens is 346 g/mol. The summed E-state index contributed by atoms with van der Waals surface area (Å²) < 4.78 is 7.19. The smallest absolute Gasteiger partial charge is 0.267 e. The number of H-pyrrole nitrogens is 2. The molecule has 27 heavy (non-hydrogen) atoms. The molecule has 8 nitrogen and oxygen atoms in total. The summed E-state index contributed by atoms with van der Waals surface area (Å²) in [5.74, 6) is 0.00698. The van der Waals surface area contributed by atoms with Crippen LogP contribution in [0.1, 0.15) is 40.3 Å². The number of ether oxygens (including phenoxy) is 1. The highest BCUT2D eigenvalue weighted by molar-refractivity contribution is 5.75. The number of nitrogens with two attached hydrogens (primary N) is 1. The average molecular weight is 367 g/mol. The number of rotatable bonds is 6. The molecule has 0 bridgehead atoms. The van der Waals surface area contributed by atoms with Gasteiger partial charge in [-0.2, -0.15) is 5.10 Å². The van der Waals surface area contributed by atoms with Crippen LogP contribution in [-0.4, -0.2) is 32.5 Å². The lowest BCUT2D eigenvalue weighted by molar-refractivity contribution is -0.118. The number of hydrogen-bond acceptors (Lipinski definition) is 4. The first-order valence-corrected chi connectivity index (χ1v) is 8.82. The van der Waals surface area contributed by atoms with Gasteiger partial charge in [-0.3, -0.25) is 19.4 Å². The fraction of sp³-hybridized carbons (Fsp3) is 0.316. The van der Waals surface area contributed by atoms with Crippen LogP contribution in [-0.2, 0) is 24.7 Å². The monoisotopic (exact) mass is 367 g/mol. The Kier molecular flexibility index (Phi) is 4.31. The number of amides is 1. The minimum absolute atomic E-state index is 0.0393. The summed E-state index contributed by atoms with van der Waals surface area (Å²) in [6.07, 6.45) is 4.93. The highest BCUT2D eigenvalue weighted by atomic mass is 16.5. The van der Waals surface area contributed by atoms with Gasteiger partial charge in [-0.1, -0.05) is 12.1 Å². The zero-order valence-corrected chi connectivity index (χ0v) is 15.0. The number of fused-ring (bicyclic) bond motifs is 1. The molecule has 0 saturated heterocycles. The molecule has 4 N–H and O–H groups in total. The van der Waals surface area contributed by atoms with Crippen LogP contribution in [0.5, 0.6) is 5.75 Å². The predicted octanol–water partition coefficient (Wildman–Crippen LogP) is 0.969. The fourth-order valence-corrected chi connectivity index (χ4v) is 3.67. The molecule has 3 heterocycles. The molecule has 1 atom stereocenters. The maximum Gasteiger partial charge on any atom is 0.267 e. The molecule has 3 aromatic rings. The van der Waals surface area contributed by atoms with Gasteiger partial charge < -0.3 is 15.6 Å². The SMILES string of the molecule is Cn1cc([C@H](CC(N)=O)c2c(Cc3ccc4c(c3)CCO4)[nH][nH]c2=O)cn1. The Hall–Kier alpha value is -3.29. The Morgan fingerprint density at radius 1 is 1.41 bits per heavy atom. The molecule has 8 heteroatoms. The van der Waals surface area contributed by atoms with Gasteiger partial charge in [-0.15, -0.1) is 0 Å². The molecule has 0 aliphatic carbocycles. The second-order valence-electron chi connectivity index (χ2n) is 6.86. The van der Waals surface area contributed by atoms with E-state index >= 15 is 0 Å². The summed E-state index contributed by atoms with van der Waals surface area (Å²) in [5.41, 5.74) is 9.51. The molecule has 0 spiro atoms. The molecule has 0 radical (unpaired) electrons. The van der Waals surface area contributed by atoms with Crippen molar-refractivity contribution < 1.29 is 9.53 Å². The van der Waals surface area contributed by atoms with Crippen LogP contribution in [0.15, 0.2) is 35.4 Å². The van der Waals surface area contributed by atoms with E-state index in [0.717, 1.165) is 29.0 Å². The Bertz CT molecular complexity index is 1050. The van der Waals surface area contributed by atoms with Gasteiger partial charge in [0.1, 0.15) is 5.75 Å². The summed E-state index contributed by atoms with van der Waals surface area (Å²) >= 11 is 0. The molecule has 0 unspecified atom stereocenters. The van der Waals surface area contributed by atoms with Crippen LogP contribution >= 0.6 is 0 Å². The fourth-order valence-electron chi connectivity index (χ4n) is 3.67. The zero-order valence-electron chi connectivity index (χ0n) is 15.0. The molecule has 1 amide bonds. The van der Waals surface area contributed by atoms with Crippen molar-refractivity contribution in [2.24, 2.45) is 12.8 Å². The van der Waals surface area contributed by atoms with E-state index in [2.05, 4.69) is 21.4 Å². The van der Waals surface area contributed by atoms with Gasteiger partial charge in [0.25, 0.3) is 5.56 Å². The highest BCUT2D eigenvalue weighted by Crippen LogP contribution is 2.30. The average Bonchev–Trinajstić information content (AvgIpc) is 3.33. The number of aromatic nitrogens is 4. The van der Waals surface area contributed by atoms with Crippen molar-refractivity contribution in [1.82, 2.24) is 20.0 Å². The largest absolute Gasteiger partial charge is 0.493 e. The van der Waals surface area contributed by atoms with Gasteiger partial charge >= 0.3 is 0 Å². The van der Waals surface area contributed by atoms with E-state index in [4.69, 9.17) is 10.5 Å². The topological polar surface area (TPSA) is 119 Å². The maximum absolute atomic E-state index is 12.5. The van der Waals surface area contributed by atoms with Crippen molar-refractivity contribution in [1.29, 1.82) is 0 Å². The normalized spacial score (nSPS) is 14.0. The zero-order chi connectivity index (χ0) is 19.0. The Morgan fingerprint density at radius 3 is 3.00 bits per heavy atom. The van der Waals surface area contributed by atoms with Crippen LogP contribution in [0.25, 0.3) is 0 Å². The molecule has 1 aromatic carbocycles. The van der Waals surface area contributed by atoms with Gasteiger partial charge in [0.15, 0.2) is 0 Å². The summed E-state index contributed by atoms with van der Waals surface area (Å²) in [7, 11) is 1.79. The van der Waals surface area contributed by atoms with Crippen molar-refractivity contribution >= 4 is 5.91 Å². The second kappa shape index (κ2) is 6.79. The van der Waals surface area contributed by atoms with Gasteiger partial charge in [0, 0.05) is 49.7 Å². The quantitative estimate of drug-likeness (QED) is 0.601. The summed E-state index contributed by atoms with van der Waals surface area (Å²) in [6, 6.07) is 6.06. The predicted molar refractivity (Wildman–Crippen MR) is 98.7 cm³/mol. The Morgan fingerprint density at radius 2 is 2.26 bits per heavy atom. The number of hydrogen-bond donors (Lipinski definition) is 3. The Balaban J connectivity index is 1.71. The lowest BCUT2D eigenvalue weighted by atomic mass is 9.88. The lowest BCUT2D eigenvalue weighted by Crippen LogP contribution is -2.21. The first-order valence-electron chi connectivity index (χ1n) is 8.82. The third kappa shape index (κ3) is 3.38. The summed E-state index contributed by atoms with van der Waals surface area (Å²) in [4.78, 5) is 24.2. The molecule has 140 valence electrons. The minimum atomic E-state index is -0.468. The van der Waals surface area contributed by atoms with Crippen molar-refractivity contribution in [3.63, 3.8) is 0 Å². The molecule has 1 aliphatic heterocycles. The number of aryl methyl sites for hydroxylation is 1. The number of benzene rings is 1. The van der Waals surface area contributed by atoms with E-state index in [0.29, 0.717) is 18.6 Å². The number of carbonyl (C=O) groups is 1. The van der Waals surface area contributed by atoms with Crippen LogP contribution in [0.2, 0.25) is 0 Å². The van der Waals surface area contributed by atoms with E-state index in [9.17, 15) is 9.59 Å². The third-order valence-corrected chi connectivity index (χ3v) is 4.91. The second-order valence-corrected chi connectivity index (χ2v) is 6.86. The van der Waals surface area contributed by atoms with E-state index < -0.39 is 11.8 Å². The van der Waals surface area contributed by atoms with Crippen LogP contribution in [0, 0.1) is 0 Å². The van der Waals surface area contributed by atoms with E-state index in [1.807, 2.05) is 12.1 Å². The van der Waals surface area contributed by atoms with Crippen molar-refractivity contribution in [2.45, 2.75) is 25.2 Å². The Labute approximate surface area is 155 Å². The first kappa shape index (κ1) is 17.1. The van der Waals surface area contributed by atoms with E-state index in [-0.39, 0.29) is 12.0 Å². The van der Waals surface area contributed by atoms with E-state index in [1.54, 1.807) is 24.1 Å². The van der Waals surface area contributed by atoms with Crippen molar-refractivity contribution in [3.8, 4) is 5.75 Å². The molecule has 0 saturated carbocycles. The molecular formula is C19H21N5O3. The van der Waals surface area contributed by atoms with Crippen molar-refractivity contribution in [2.75, 3.05) is 6.61 Å². The number of nitrogens with one attached hydrogen (secondary N) is 2. The van der Waals surface area contributed by atoms with Gasteiger partial charge in [0.05, 0.1) is 12.8 Å². The van der Waals surface area contributed by atoms with Crippen LogP contribution < -0.4 is 16.0 Å². The molecule has 2 aromatic heterocycles. The number of nitrogens with zero attached hydrogens (tertiary/aromatic N) is 2. The highest BCUT2D eigenvalue weighted by Gasteiger charge is 2.26. The van der Waals surface area contributed by atoms with Gasteiger partial charge in [-0.25, -0.2) is 0 Å². The third-order valence-electron chi connectivity index (χ3n) is 4.91. The number of aromatic amines is 2. The van der Waals surface area contributed by atoms with Gasteiger partial charge in [-0.05, 0) is 22.8 Å². The van der Waals surface area contributed by atoms with Gasteiger partial charge in [0.2, 0.25) is 5.91 Å². The summed E-state index contributed by atoms with van der Waals surface area (Å²) in [5, 5.41) is 9.79. The molecule has 0 fully saturated rings. The minimum Gasteiger partial charge on any atom is -0.493 e. The van der Waals surface area contributed by atoms with Crippen LogP contribution in [0.3, 0.4) is 0 Å². The van der Waals surface area contributed by atoms with Crippen molar-refractivity contribution in [3.05, 3.63) is 68.9 Å². The molecule has 1 aliphatic rings. The number of primary amides is 1. The van der Waals surface area contributed by atoms with E-state index in [1.165, 1.54) is 5.56 Å². The number of carbonyl (C=O) groups excluding carboxylic acids is 1. The first-order chi connectivity index (χ1) is 13.0. The maximum atomic E-state index is 12.5.